The van der Waals surface area contributed by atoms with Gasteiger partial charge < -0.3 is 5.73 Å². The molecule has 0 saturated heterocycles. The fourth-order valence-corrected chi connectivity index (χ4v) is 3.73. The Balaban J connectivity index is 0.00000256. The third-order valence-electron chi connectivity index (χ3n) is 4.44. The van der Waals surface area contributed by atoms with Crippen molar-refractivity contribution in [2.24, 2.45) is 10.2 Å². The average Bonchev–Trinajstić information content (AvgIpc) is 2.73. The summed E-state index contributed by atoms with van der Waals surface area (Å²) in [5, 5.41) is 9.07. The summed E-state index contributed by atoms with van der Waals surface area (Å²) >= 11 is 0. The van der Waals surface area contributed by atoms with Crippen molar-refractivity contribution in [3.05, 3.63) is 79.1 Å². The number of pyridine rings is 1. The van der Waals surface area contributed by atoms with Gasteiger partial charge in [-0.25, -0.2) is 0 Å². The molecule has 4 rings (SSSR count). The normalized spacial score (nSPS) is 11.5. The van der Waals surface area contributed by atoms with Gasteiger partial charge in [-0.2, -0.15) is 13.5 Å². The van der Waals surface area contributed by atoms with E-state index >= 15 is 0 Å². The number of hydrogen-bond donors (Lipinski definition) is 2. The molecule has 1 aromatic heterocycles. The Labute approximate surface area is 195 Å². The van der Waals surface area contributed by atoms with Crippen LogP contribution in [0, 0.1) is 0 Å². The molecular formula is C21H17N4NaO3S. The first kappa shape index (κ1) is 22.1. The molecule has 0 radical (unpaired) electrons. The maximum absolute atomic E-state index is 11.8. The van der Waals surface area contributed by atoms with E-state index < -0.39 is 10.1 Å². The molecule has 0 amide bonds. The number of nitrogens with two attached hydrogens (primary N) is 1. The fraction of sp³-hybridized carbons (Fsp3) is 0. The monoisotopic (exact) mass is 428 g/mol. The molecule has 146 valence electrons. The minimum atomic E-state index is -4.45. The van der Waals surface area contributed by atoms with E-state index in [-0.39, 0.29) is 45.8 Å². The summed E-state index contributed by atoms with van der Waals surface area (Å²) < 4.78 is 33.2. The summed E-state index contributed by atoms with van der Waals surface area (Å²) in [5.74, 6) is 0. The van der Waals surface area contributed by atoms with Gasteiger partial charge in [0.25, 0.3) is 10.1 Å². The predicted molar refractivity (Wildman–Crippen MR) is 119 cm³/mol. The molecule has 4 aromatic rings. The number of rotatable bonds is 4. The molecular weight excluding hydrogens is 411 g/mol. The van der Waals surface area contributed by atoms with Crippen molar-refractivity contribution in [2.75, 3.05) is 5.73 Å². The number of azo groups is 1. The van der Waals surface area contributed by atoms with E-state index in [2.05, 4.69) is 15.2 Å². The number of aromatic nitrogens is 1. The third kappa shape index (κ3) is 4.58. The standard InChI is InChI=1S/C21H16N4O3S.Na.H/c22-21-18-6-2-1-5-17(18)20(29(26,27)28)12-19(21)25-24-16-9-7-14(8-10-16)15-4-3-11-23-13-15;;/h1-13H,22H2,(H,26,27,28);;/b25-24+;;. The van der Waals surface area contributed by atoms with Crippen molar-refractivity contribution < 1.29 is 13.0 Å². The van der Waals surface area contributed by atoms with Crippen LogP contribution in [-0.4, -0.2) is 47.5 Å². The molecule has 0 unspecified atom stereocenters. The Morgan fingerprint density at radius 1 is 0.867 bits per heavy atom. The first-order chi connectivity index (χ1) is 13.9. The van der Waals surface area contributed by atoms with E-state index in [1.165, 1.54) is 6.07 Å². The van der Waals surface area contributed by atoms with Gasteiger partial charge in [-0.15, -0.1) is 5.11 Å². The number of fused-ring (bicyclic) bond motifs is 1. The van der Waals surface area contributed by atoms with Crippen LogP contribution in [0.2, 0.25) is 0 Å². The Hall–Kier alpha value is -2.62. The number of benzene rings is 3. The van der Waals surface area contributed by atoms with E-state index in [0.717, 1.165) is 11.1 Å². The van der Waals surface area contributed by atoms with Crippen molar-refractivity contribution in [1.29, 1.82) is 0 Å². The zero-order valence-electron chi connectivity index (χ0n) is 15.1. The number of anilines is 1. The zero-order valence-corrected chi connectivity index (χ0v) is 15.9. The van der Waals surface area contributed by atoms with E-state index in [1.807, 2.05) is 24.3 Å². The quantitative estimate of drug-likeness (QED) is 0.215. The van der Waals surface area contributed by atoms with E-state index in [4.69, 9.17) is 5.73 Å². The van der Waals surface area contributed by atoms with Gasteiger partial charge in [-0.1, -0.05) is 42.5 Å². The van der Waals surface area contributed by atoms with Gasteiger partial charge in [-0.3, -0.25) is 9.54 Å². The molecule has 0 aliphatic carbocycles. The molecule has 0 atom stereocenters. The van der Waals surface area contributed by atoms with E-state index in [0.29, 0.717) is 16.5 Å². The molecule has 9 heteroatoms. The van der Waals surface area contributed by atoms with Gasteiger partial charge >= 0.3 is 29.6 Å². The Kier molecular flexibility index (Phi) is 6.64. The number of hydrogen-bond acceptors (Lipinski definition) is 6. The van der Waals surface area contributed by atoms with Crippen LogP contribution in [0.5, 0.6) is 0 Å². The molecule has 7 nitrogen and oxygen atoms in total. The summed E-state index contributed by atoms with van der Waals surface area (Å²) in [4.78, 5) is 3.84. The van der Waals surface area contributed by atoms with Gasteiger partial charge in [0.1, 0.15) is 10.6 Å². The second kappa shape index (κ2) is 9.03. The maximum atomic E-state index is 11.8. The van der Waals surface area contributed by atoms with Crippen molar-refractivity contribution in [3.8, 4) is 11.1 Å². The van der Waals surface area contributed by atoms with Crippen LogP contribution in [0.3, 0.4) is 0 Å². The van der Waals surface area contributed by atoms with Gasteiger partial charge in [0.2, 0.25) is 0 Å². The Morgan fingerprint density at radius 3 is 2.20 bits per heavy atom. The van der Waals surface area contributed by atoms with Gasteiger partial charge in [-0.05, 0) is 35.4 Å². The molecule has 0 aliphatic rings. The number of nitrogens with zero attached hydrogens (tertiary/aromatic N) is 3. The molecule has 3 aromatic carbocycles. The Bertz CT molecular complexity index is 1330. The van der Waals surface area contributed by atoms with Crippen molar-refractivity contribution in [3.63, 3.8) is 0 Å². The summed E-state index contributed by atoms with van der Waals surface area (Å²) in [6.45, 7) is 0. The molecule has 1 heterocycles. The number of nitrogen functional groups attached to an aromatic ring is 1. The van der Waals surface area contributed by atoms with Crippen LogP contribution < -0.4 is 5.73 Å². The predicted octanol–water partition coefficient (Wildman–Crippen LogP) is 4.50. The van der Waals surface area contributed by atoms with Crippen molar-refractivity contribution in [1.82, 2.24) is 4.98 Å². The third-order valence-corrected chi connectivity index (χ3v) is 5.33. The topological polar surface area (TPSA) is 118 Å². The zero-order chi connectivity index (χ0) is 20.4. The molecule has 0 saturated carbocycles. The van der Waals surface area contributed by atoms with E-state index in [1.54, 1.807) is 48.8 Å². The SMILES string of the molecule is Nc1c(/N=N/c2ccc(-c3cccnc3)cc2)cc(S(=O)(=O)O)c2ccccc12.[NaH]. The van der Waals surface area contributed by atoms with E-state index in [9.17, 15) is 13.0 Å². The van der Waals surface area contributed by atoms with Crippen LogP contribution in [0.1, 0.15) is 0 Å². The van der Waals surface area contributed by atoms with Crippen LogP contribution in [-0.2, 0) is 10.1 Å². The summed E-state index contributed by atoms with van der Waals surface area (Å²) in [7, 11) is -4.45. The van der Waals surface area contributed by atoms with Crippen LogP contribution in [0.15, 0.2) is 94.2 Å². The average molecular weight is 428 g/mol. The van der Waals surface area contributed by atoms with Crippen LogP contribution >= 0.6 is 0 Å². The Morgan fingerprint density at radius 2 is 1.57 bits per heavy atom. The second-order valence-corrected chi connectivity index (χ2v) is 7.71. The van der Waals surface area contributed by atoms with Crippen molar-refractivity contribution >= 4 is 67.5 Å². The fourth-order valence-electron chi connectivity index (χ4n) is 3.01. The first-order valence-corrected chi connectivity index (χ1v) is 10.1. The summed E-state index contributed by atoms with van der Waals surface area (Å²) in [6.07, 6.45) is 3.48. The van der Waals surface area contributed by atoms with Gasteiger partial charge in [0, 0.05) is 23.2 Å². The minimum absolute atomic E-state index is 0. The molecule has 3 N–H and O–H groups in total. The summed E-state index contributed by atoms with van der Waals surface area (Å²) in [5.41, 5.74) is 9.13. The first-order valence-electron chi connectivity index (χ1n) is 8.64. The van der Waals surface area contributed by atoms with Gasteiger partial charge in [0.05, 0.1) is 11.4 Å². The molecule has 30 heavy (non-hydrogen) atoms. The van der Waals surface area contributed by atoms with Crippen molar-refractivity contribution in [2.45, 2.75) is 4.90 Å². The van der Waals surface area contributed by atoms with Crippen LogP contribution in [0.4, 0.5) is 17.1 Å². The van der Waals surface area contributed by atoms with Gasteiger partial charge in [0.15, 0.2) is 0 Å². The summed E-state index contributed by atoms with van der Waals surface area (Å²) in [6, 6.07) is 19.0. The molecule has 0 spiro atoms. The molecule has 0 bridgehead atoms. The van der Waals surface area contributed by atoms with Crippen LogP contribution in [0.25, 0.3) is 21.9 Å². The molecule has 0 fully saturated rings. The molecule has 0 aliphatic heterocycles. The second-order valence-electron chi connectivity index (χ2n) is 6.32.